The number of para-hydroxylation sites is 2. The molecule has 4 saturated heterocycles. The second-order valence-corrected chi connectivity index (χ2v) is 14.9. The van der Waals surface area contributed by atoms with Crippen molar-refractivity contribution in [3.8, 4) is 0 Å². The largest absolute Gasteiger partial charge is 0.392 e. The molecule has 11 rings (SSSR count). The molecule has 2 aromatic rings. The Bertz CT molecular complexity index is 1740. The number of piperidine rings is 2. The minimum Gasteiger partial charge on any atom is -0.392 e. The third kappa shape index (κ3) is 2.55. The van der Waals surface area contributed by atoms with Crippen molar-refractivity contribution in [1.82, 2.24) is 9.80 Å². The van der Waals surface area contributed by atoms with E-state index in [0.29, 0.717) is 36.0 Å². The second-order valence-electron chi connectivity index (χ2n) is 14.9. The summed E-state index contributed by atoms with van der Waals surface area (Å²) in [4.78, 5) is 11.2. The van der Waals surface area contributed by atoms with E-state index in [1.165, 1.54) is 49.2 Å². The van der Waals surface area contributed by atoms with Gasteiger partial charge in [0, 0.05) is 71.6 Å². The first kappa shape index (κ1) is 24.2. The zero-order chi connectivity index (χ0) is 28.2. The number of benzene rings is 2. The fraction of sp³-hybridized carbons (Fsp3) is 0.474. The molecule has 9 aliphatic rings. The molecule has 5 heteroatoms. The average molecular weight is 569 g/mol. The molecule has 4 bridgehead atoms. The van der Waals surface area contributed by atoms with E-state index in [9.17, 15) is 5.11 Å². The summed E-state index contributed by atoms with van der Waals surface area (Å²) < 4.78 is 0. The van der Waals surface area contributed by atoms with Gasteiger partial charge in [0.05, 0.1) is 18.7 Å². The first-order chi connectivity index (χ1) is 21.2. The number of aliphatic hydroxyl groups excluding tert-OH is 1. The molecule has 0 amide bonds. The predicted molar refractivity (Wildman–Crippen MR) is 170 cm³/mol. The van der Waals surface area contributed by atoms with Gasteiger partial charge in [0.15, 0.2) is 0 Å². The van der Waals surface area contributed by atoms with Crippen molar-refractivity contribution in [3.05, 3.63) is 107 Å². The second kappa shape index (κ2) is 7.93. The van der Waals surface area contributed by atoms with Crippen molar-refractivity contribution < 1.29 is 5.11 Å². The van der Waals surface area contributed by atoms with Crippen LogP contribution >= 0.6 is 0 Å². The highest BCUT2D eigenvalue weighted by molar-refractivity contribution is 5.77. The molecule has 8 atom stereocenters. The molecule has 5 nitrogen and oxygen atoms in total. The summed E-state index contributed by atoms with van der Waals surface area (Å²) in [7, 11) is 0. The third-order valence-electron chi connectivity index (χ3n) is 13.9. The normalized spacial score (nSPS) is 42.7. The van der Waals surface area contributed by atoms with Crippen LogP contribution in [0.4, 0.5) is 11.4 Å². The standard InChI is InChI=1S/C38H40N4O/c1-2-23-19-39-14-12-37-29-7-3-6-10-32(29)42-22-28-26-18-34-38(13-15-40(34)20-24(26)11-16-43)30-8-4-5-9-31(30)41(36(28)38)21-27(35(37)42)25(23)17-33(37)39/h2-11,21-22,25-26,33-36,43H,12-20H2,1H3/t25-,26-,33-,34-,35-,36-,37+,38+/m1/s1. The molecule has 2 saturated carbocycles. The van der Waals surface area contributed by atoms with E-state index >= 15 is 0 Å². The van der Waals surface area contributed by atoms with Gasteiger partial charge >= 0.3 is 0 Å². The van der Waals surface area contributed by atoms with Gasteiger partial charge in [0.2, 0.25) is 0 Å². The highest BCUT2D eigenvalue weighted by Crippen LogP contribution is 2.67. The zero-order valence-corrected chi connectivity index (χ0v) is 25.0. The Labute approximate surface area is 254 Å². The highest BCUT2D eigenvalue weighted by atomic mass is 16.2. The number of nitrogens with zero attached hydrogens (tertiary/aromatic N) is 4. The Morgan fingerprint density at radius 3 is 1.79 bits per heavy atom. The Morgan fingerprint density at radius 1 is 0.744 bits per heavy atom. The van der Waals surface area contributed by atoms with Gasteiger partial charge in [-0.15, -0.1) is 0 Å². The molecule has 7 aliphatic heterocycles. The van der Waals surface area contributed by atoms with Crippen molar-refractivity contribution in [3.63, 3.8) is 0 Å². The van der Waals surface area contributed by atoms with Crippen LogP contribution in [0.5, 0.6) is 0 Å². The molecule has 2 spiro atoms. The quantitative estimate of drug-likeness (QED) is 0.484. The molecular weight excluding hydrogens is 528 g/mol. The number of allylic oxidation sites excluding steroid dienone is 1. The first-order valence-corrected chi connectivity index (χ1v) is 16.8. The molecule has 218 valence electrons. The third-order valence-corrected chi connectivity index (χ3v) is 13.9. The maximum absolute atomic E-state index is 10.2. The van der Waals surface area contributed by atoms with Gasteiger partial charge in [-0.1, -0.05) is 59.7 Å². The number of aliphatic hydroxyl groups is 1. The number of rotatable bonds is 1. The van der Waals surface area contributed by atoms with E-state index in [1.54, 1.807) is 27.8 Å². The lowest BCUT2D eigenvalue weighted by Crippen LogP contribution is -2.63. The minimum absolute atomic E-state index is 0.113. The zero-order valence-electron chi connectivity index (χ0n) is 25.0. The van der Waals surface area contributed by atoms with Crippen molar-refractivity contribution in [2.45, 2.75) is 67.6 Å². The van der Waals surface area contributed by atoms with Crippen LogP contribution in [0.25, 0.3) is 0 Å². The van der Waals surface area contributed by atoms with E-state index < -0.39 is 0 Å². The summed E-state index contributed by atoms with van der Waals surface area (Å²) in [6, 6.07) is 20.7. The van der Waals surface area contributed by atoms with Crippen molar-refractivity contribution in [2.75, 3.05) is 42.6 Å². The summed E-state index contributed by atoms with van der Waals surface area (Å²) in [5, 5.41) is 10.2. The van der Waals surface area contributed by atoms with E-state index in [2.05, 4.69) is 99.6 Å². The lowest BCUT2D eigenvalue weighted by molar-refractivity contribution is 0.121. The molecule has 2 aliphatic carbocycles. The average Bonchev–Trinajstić information content (AvgIpc) is 3.76. The summed E-state index contributed by atoms with van der Waals surface area (Å²) >= 11 is 0. The number of hydrogen-bond acceptors (Lipinski definition) is 5. The van der Waals surface area contributed by atoms with Crippen molar-refractivity contribution >= 4 is 11.4 Å². The summed E-state index contributed by atoms with van der Waals surface area (Å²) in [6.45, 7) is 6.87. The van der Waals surface area contributed by atoms with E-state index in [4.69, 9.17) is 0 Å². The first-order valence-electron chi connectivity index (χ1n) is 16.8. The number of hydrogen-bond donors (Lipinski definition) is 1. The van der Waals surface area contributed by atoms with Crippen LogP contribution in [0.3, 0.4) is 0 Å². The Morgan fingerprint density at radius 2 is 1.26 bits per heavy atom. The Kier molecular flexibility index (Phi) is 4.47. The van der Waals surface area contributed by atoms with Gasteiger partial charge in [-0.25, -0.2) is 0 Å². The van der Waals surface area contributed by atoms with Gasteiger partial charge in [0.25, 0.3) is 0 Å². The molecule has 0 unspecified atom stereocenters. The van der Waals surface area contributed by atoms with E-state index in [-0.39, 0.29) is 17.4 Å². The molecular formula is C38H40N4O. The lowest BCUT2D eigenvalue weighted by atomic mass is 9.56. The number of anilines is 2. The van der Waals surface area contributed by atoms with Gasteiger partial charge in [-0.2, -0.15) is 0 Å². The predicted octanol–water partition coefficient (Wildman–Crippen LogP) is 5.10. The Hall–Kier alpha value is -3.12. The van der Waals surface area contributed by atoms with Gasteiger partial charge in [-0.3, -0.25) is 9.80 Å². The van der Waals surface area contributed by atoms with Crippen LogP contribution in [0, 0.1) is 11.8 Å². The van der Waals surface area contributed by atoms with Gasteiger partial charge < -0.3 is 14.9 Å². The topological polar surface area (TPSA) is 33.2 Å². The maximum atomic E-state index is 10.2. The van der Waals surface area contributed by atoms with Crippen LogP contribution in [-0.4, -0.2) is 71.9 Å². The number of fused-ring (bicyclic) bond motifs is 8. The van der Waals surface area contributed by atoms with Crippen LogP contribution in [0.15, 0.2) is 95.4 Å². The molecule has 0 radical (unpaired) electrons. The lowest BCUT2D eigenvalue weighted by Gasteiger charge is -2.57. The minimum atomic E-state index is 0.113. The Balaban J connectivity index is 1.24. The van der Waals surface area contributed by atoms with Gasteiger partial charge in [0.1, 0.15) is 0 Å². The summed E-state index contributed by atoms with van der Waals surface area (Å²) in [6.07, 6.45) is 14.9. The molecule has 43 heavy (non-hydrogen) atoms. The molecule has 7 heterocycles. The summed E-state index contributed by atoms with van der Waals surface area (Å²) in [5.74, 6) is 0.889. The molecule has 6 fully saturated rings. The monoisotopic (exact) mass is 568 g/mol. The highest BCUT2D eigenvalue weighted by Gasteiger charge is 2.69. The van der Waals surface area contributed by atoms with Crippen molar-refractivity contribution in [2.24, 2.45) is 11.8 Å². The van der Waals surface area contributed by atoms with Crippen LogP contribution in [-0.2, 0) is 10.8 Å². The van der Waals surface area contributed by atoms with E-state index in [0.717, 1.165) is 19.6 Å². The van der Waals surface area contributed by atoms with Crippen molar-refractivity contribution in [1.29, 1.82) is 0 Å². The maximum Gasteiger partial charge on any atom is 0.0681 e. The van der Waals surface area contributed by atoms with Gasteiger partial charge in [-0.05, 0) is 80.1 Å². The molecule has 0 aromatic heterocycles. The smallest absolute Gasteiger partial charge is 0.0681 e. The SMILES string of the molecule is CC=C1CN2CC[C@]34c5ccccc5N5C=C6[C@@H]7C[C@H]8N(CC[C@]89c8ccccc8N(C=C([C@@H]1C[C@@H]23)[C@@H]54)[C@H]69)CC7=CCO. The van der Waals surface area contributed by atoms with Crippen LogP contribution in [0.1, 0.15) is 43.7 Å². The molecule has 1 N–H and O–H groups in total. The van der Waals surface area contributed by atoms with Crippen LogP contribution < -0.4 is 9.80 Å². The van der Waals surface area contributed by atoms with Crippen LogP contribution in [0.2, 0.25) is 0 Å². The molecule has 2 aromatic carbocycles. The fourth-order valence-corrected chi connectivity index (χ4v) is 12.6. The van der Waals surface area contributed by atoms with E-state index in [1.807, 2.05) is 0 Å². The summed E-state index contributed by atoms with van der Waals surface area (Å²) in [5.41, 5.74) is 12.6. The fourth-order valence-electron chi connectivity index (χ4n) is 12.6.